The molecule has 132 valence electrons. The van der Waals surface area contributed by atoms with Crippen LogP contribution in [0.3, 0.4) is 0 Å². The predicted molar refractivity (Wildman–Crippen MR) is 104 cm³/mol. The number of benzene rings is 1. The molecule has 0 spiro atoms. The number of fused-ring (bicyclic) bond motifs is 1. The first-order valence-electron chi connectivity index (χ1n) is 8.93. The maximum atomic E-state index is 12.6. The van der Waals surface area contributed by atoms with Gasteiger partial charge in [-0.3, -0.25) is 20.6 Å². The lowest BCUT2D eigenvalue weighted by atomic mass is 10.1. The molecule has 1 fully saturated rings. The van der Waals surface area contributed by atoms with Gasteiger partial charge in [0.05, 0.1) is 11.1 Å². The zero-order valence-electron chi connectivity index (χ0n) is 14.5. The SMILES string of the molecule is CCCCCNC(=S)NNC(=O)c1cc(C2CC2)nc2ccccc12. The molecule has 3 rings (SSSR count). The molecule has 2 aromatic rings. The van der Waals surface area contributed by atoms with Crippen molar-refractivity contribution in [3.8, 4) is 0 Å². The molecule has 1 aromatic carbocycles. The first-order chi connectivity index (χ1) is 12.2. The Morgan fingerprint density at radius 1 is 1.24 bits per heavy atom. The van der Waals surface area contributed by atoms with E-state index in [2.05, 4.69) is 23.1 Å². The number of hydrogen-bond donors (Lipinski definition) is 3. The molecule has 1 heterocycles. The number of unbranched alkanes of at least 4 members (excludes halogenated alkanes) is 2. The van der Waals surface area contributed by atoms with E-state index in [1.807, 2.05) is 30.3 Å². The van der Waals surface area contributed by atoms with Crippen LogP contribution in [-0.2, 0) is 0 Å². The van der Waals surface area contributed by atoms with Crippen LogP contribution in [0.4, 0.5) is 0 Å². The normalized spacial score (nSPS) is 13.5. The Labute approximate surface area is 153 Å². The van der Waals surface area contributed by atoms with Crippen molar-refractivity contribution in [1.82, 2.24) is 21.2 Å². The Hall–Kier alpha value is -2.21. The second-order valence-electron chi connectivity index (χ2n) is 6.43. The van der Waals surface area contributed by atoms with Gasteiger partial charge in [0.25, 0.3) is 5.91 Å². The quantitative estimate of drug-likeness (QED) is 0.420. The van der Waals surface area contributed by atoms with Gasteiger partial charge in [-0.15, -0.1) is 0 Å². The Bertz CT molecular complexity index is 773. The summed E-state index contributed by atoms with van der Waals surface area (Å²) in [6.45, 7) is 2.96. The van der Waals surface area contributed by atoms with Crippen LogP contribution >= 0.6 is 12.2 Å². The summed E-state index contributed by atoms with van der Waals surface area (Å²) in [7, 11) is 0. The molecule has 1 aromatic heterocycles. The van der Waals surface area contributed by atoms with Gasteiger partial charge in [-0.1, -0.05) is 38.0 Å². The number of hydrazine groups is 1. The molecule has 1 saturated carbocycles. The van der Waals surface area contributed by atoms with Crippen molar-refractivity contribution in [2.24, 2.45) is 0 Å². The van der Waals surface area contributed by atoms with E-state index in [1.54, 1.807) is 0 Å². The fraction of sp³-hybridized carbons (Fsp3) is 0.421. The molecule has 0 aliphatic heterocycles. The maximum absolute atomic E-state index is 12.6. The van der Waals surface area contributed by atoms with Crippen molar-refractivity contribution in [2.45, 2.75) is 44.9 Å². The summed E-state index contributed by atoms with van der Waals surface area (Å²) >= 11 is 5.20. The van der Waals surface area contributed by atoms with Gasteiger partial charge in [-0.2, -0.15) is 0 Å². The highest BCUT2D eigenvalue weighted by Crippen LogP contribution is 2.40. The number of para-hydroxylation sites is 1. The van der Waals surface area contributed by atoms with Crippen LogP contribution in [0.15, 0.2) is 30.3 Å². The van der Waals surface area contributed by atoms with E-state index in [-0.39, 0.29) is 5.91 Å². The van der Waals surface area contributed by atoms with Gasteiger partial charge < -0.3 is 5.32 Å². The zero-order valence-corrected chi connectivity index (χ0v) is 15.3. The monoisotopic (exact) mass is 356 g/mol. The largest absolute Gasteiger partial charge is 0.361 e. The van der Waals surface area contributed by atoms with Crippen molar-refractivity contribution < 1.29 is 4.79 Å². The van der Waals surface area contributed by atoms with Crippen molar-refractivity contribution >= 4 is 34.1 Å². The van der Waals surface area contributed by atoms with E-state index in [4.69, 9.17) is 17.2 Å². The highest BCUT2D eigenvalue weighted by atomic mass is 32.1. The number of rotatable bonds is 6. The molecule has 0 unspecified atom stereocenters. The van der Waals surface area contributed by atoms with Crippen molar-refractivity contribution in [3.63, 3.8) is 0 Å². The minimum absolute atomic E-state index is 0.196. The summed E-state index contributed by atoms with van der Waals surface area (Å²) in [6.07, 6.45) is 5.69. The molecule has 3 N–H and O–H groups in total. The smallest absolute Gasteiger partial charge is 0.270 e. The molecule has 0 atom stereocenters. The molecule has 6 heteroatoms. The molecular weight excluding hydrogens is 332 g/mol. The third-order valence-corrected chi connectivity index (χ3v) is 4.58. The molecule has 5 nitrogen and oxygen atoms in total. The molecule has 0 saturated heterocycles. The summed E-state index contributed by atoms with van der Waals surface area (Å²) in [4.78, 5) is 17.3. The molecule has 1 amide bonds. The number of carbonyl (C=O) groups is 1. The molecular formula is C19H24N4OS. The fourth-order valence-corrected chi connectivity index (χ4v) is 2.93. The maximum Gasteiger partial charge on any atom is 0.270 e. The average Bonchev–Trinajstić information content (AvgIpc) is 3.47. The van der Waals surface area contributed by atoms with Crippen LogP contribution in [0.2, 0.25) is 0 Å². The van der Waals surface area contributed by atoms with E-state index in [0.717, 1.165) is 55.2 Å². The number of carbonyl (C=O) groups excluding carboxylic acids is 1. The molecule has 1 aliphatic carbocycles. The van der Waals surface area contributed by atoms with Crippen LogP contribution in [0.5, 0.6) is 0 Å². The summed E-state index contributed by atoms with van der Waals surface area (Å²) in [6, 6.07) is 9.65. The van der Waals surface area contributed by atoms with Crippen molar-refractivity contribution in [3.05, 3.63) is 41.6 Å². The minimum Gasteiger partial charge on any atom is -0.361 e. The first kappa shape index (κ1) is 17.6. The van der Waals surface area contributed by atoms with Crippen LogP contribution in [0, 0.1) is 0 Å². The number of nitrogens with one attached hydrogen (secondary N) is 3. The summed E-state index contributed by atoms with van der Waals surface area (Å²) in [5.74, 6) is 0.295. The number of thiocarbonyl (C=S) groups is 1. The average molecular weight is 356 g/mol. The number of aromatic nitrogens is 1. The molecule has 0 bridgehead atoms. The lowest BCUT2D eigenvalue weighted by molar-refractivity contribution is 0.0945. The Morgan fingerprint density at radius 3 is 2.80 bits per heavy atom. The summed E-state index contributed by atoms with van der Waals surface area (Å²) < 4.78 is 0. The van der Waals surface area contributed by atoms with E-state index >= 15 is 0 Å². The van der Waals surface area contributed by atoms with Gasteiger partial charge in [0.1, 0.15) is 0 Å². The number of nitrogens with zero attached hydrogens (tertiary/aromatic N) is 1. The van der Waals surface area contributed by atoms with Crippen LogP contribution in [-0.4, -0.2) is 22.5 Å². The van der Waals surface area contributed by atoms with E-state index in [0.29, 0.717) is 16.6 Å². The van der Waals surface area contributed by atoms with Crippen molar-refractivity contribution in [1.29, 1.82) is 0 Å². The second kappa shape index (κ2) is 8.25. The lowest BCUT2D eigenvalue weighted by Gasteiger charge is -2.13. The van der Waals surface area contributed by atoms with E-state index in [1.165, 1.54) is 0 Å². The number of hydrogen-bond acceptors (Lipinski definition) is 3. The van der Waals surface area contributed by atoms with Crippen molar-refractivity contribution in [2.75, 3.05) is 6.54 Å². The lowest BCUT2D eigenvalue weighted by Crippen LogP contribution is -2.47. The topological polar surface area (TPSA) is 66.0 Å². The van der Waals surface area contributed by atoms with E-state index < -0.39 is 0 Å². The Kier molecular flexibility index (Phi) is 5.81. The zero-order chi connectivity index (χ0) is 17.6. The second-order valence-corrected chi connectivity index (χ2v) is 6.84. The van der Waals surface area contributed by atoms with Gasteiger partial charge in [0.15, 0.2) is 5.11 Å². The van der Waals surface area contributed by atoms with Gasteiger partial charge in [0, 0.05) is 23.5 Å². The van der Waals surface area contributed by atoms with Gasteiger partial charge in [-0.25, -0.2) is 0 Å². The number of pyridine rings is 1. The molecule has 0 radical (unpaired) electrons. The third kappa shape index (κ3) is 4.66. The summed E-state index contributed by atoms with van der Waals surface area (Å²) in [5, 5.41) is 4.38. The highest BCUT2D eigenvalue weighted by Gasteiger charge is 2.26. The highest BCUT2D eigenvalue weighted by molar-refractivity contribution is 7.80. The van der Waals surface area contributed by atoms with Crippen LogP contribution < -0.4 is 16.2 Å². The van der Waals surface area contributed by atoms with Gasteiger partial charge in [0.2, 0.25) is 0 Å². The van der Waals surface area contributed by atoms with Gasteiger partial charge >= 0.3 is 0 Å². The fourth-order valence-electron chi connectivity index (χ4n) is 2.77. The van der Waals surface area contributed by atoms with Gasteiger partial charge in [-0.05, 0) is 43.6 Å². The summed E-state index contributed by atoms with van der Waals surface area (Å²) in [5.41, 5.74) is 7.98. The predicted octanol–water partition coefficient (Wildman–Crippen LogP) is 3.41. The minimum atomic E-state index is -0.196. The molecule has 25 heavy (non-hydrogen) atoms. The van der Waals surface area contributed by atoms with Crippen LogP contribution in [0.25, 0.3) is 10.9 Å². The Morgan fingerprint density at radius 2 is 2.04 bits per heavy atom. The Balaban J connectivity index is 1.66. The third-order valence-electron chi connectivity index (χ3n) is 4.33. The first-order valence-corrected chi connectivity index (χ1v) is 9.33. The van der Waals surface area contributed by atoms with E-state index in [9.17, 15) is 4.79 Å². The standard InChI is InChI=1S/C19H24N4OS/c1-2-3-6-11-20-19(25)23-22-18(24)15-12-17(13-9-10-13)21-16-8-5-4-7-14(15)16/h4-5,7-8,12-13H,2-3,6,9-11H2,1H3,(H,22,24)(H2,20,23,25). The van der Waals surface area contributed by atoms with Crippen LogP contribution in [0.1, 0.15) is 61.0 Å². The molecule has 1 aliphatic rings. The number of amides is 1.